The van der Waals surface area contributed by atoms with Crippen LogP contribution in [0.5, 0.6) is 5.75 Å². The zero-order chi connectivity index (χ0) is 14.1. The predicted molar refractivity (Wildman–Crippen MR) is 76.9 cm³/mol. The van der Waals surface area contributed by atoms with Crippen molar-refractivity contribution in [1.29, 1.82) is 0 Å². The van der Waals surface area contributed by atoms with Gasteiger partial charge < -0.3 is 10.1 Å². The van der Waals surface area contributed by atoms with Crippen LogP contribution in [0.2, 0.25) is 0 Å². The van der Waals surface area contributed by atoms with Crippen LogP contribution >= 0.6 is 0 Å². The summed E-state index contributed by atoms with van der Waals surface area (Å²) < 4.78 is 0. The molecule has 1 heterocycles. The van der Waals surface area contributed by atoms with Gasteiger partial charge in [0.2, 0.25) is 5.95 Å². The number of aromatic amines is 1. The Labute approximate surface area is 115 Å². The number of anilines is 1. The van der Waals surface area contributed by atoms with Crippen molar-refractivity contribution in [2.75, 3.05) is 5.32 Å². The van der Waals surface area contributed by atoms with Crippen LogP contribution in [0.4, 0.5) is 5.95 Å². The summed E-state index contributed by atoms with van der Waals surface area (Å²) in [5.41, 5.74) is 2.73. The van der Waals surface area contributed by atoms with Gasteiger partial charge in [-0.3, -0.25) is 10.1 Å². The minimum atomic E-state index is -0.401. The Balaban J connectivity index is 1.88. The number of aryl methyl sites for hydroxylation is 1. The maximum absolute atomic E-state index is 12.1. The van der Waals surface area contributed by atoms with E-state index in [1.165, 1.54) is 0 Å². The summed E-state index contributed by atoms with van der Waals surface area (Å²) >= 11 is 0. The van der Waals surface area contributed by atoms with Crippen LogP contribution in [0.1, 0.15) is 15.9 Å². The molecule has 3 aromatic rings. The lowest BCUT2D eigenvalue weighted by molar-refractivity contribution is 0.102. The van der Waals surface area contributed by atoms with Gasteiger partial charge in [0.15, 0.2) is 0 Å². The average Bonchev–Trinajstić information content (AvgIpc) is 2.80. The van der Waals surface area contributed by atoms with Crippen molar-refractivity contribution in [3.8, 4) is 5.75 Å². The van der Waals surface area contributed by atoms with Gasteiger partial charge >= 0.3 is 0 Å². The fraction of sp³-hybridized carbons (Fsp3) is 0.0667. The fourth-order valence-electron chi connectivity index (χ4n) is 2.02. The Kier molecular flexibility index (Phi) is 2.87. The number of benzene rings is 2. The molecular formula is C15H13N3O2. The zero-order valence-corrected chi connectivity index (χ0v) is 10.8. The first-order valence-electron chi connectivity index (χ1n) is 6.19. The van der Waals surface area contributed by atoms with E-state index in [0.29, 0.717) is 5.95 Å². The summed E-state index contributed by atoms with van der Waals surface area (Å²) in [6.45, 7) is 1.85. The zero-order valence-electron chi connectivity index (χ0n) is 10.8. The number of nitrogens with zero attached hydrogens (tertiary/aromatic N) is 1. The standard InChI is InChI=1S/C15H13N3O2/c1-9-6-7-10(13(19)8-9)14(20)18-15-16-11-4-2-3-5-12(11)17-15/h2-8,19H,1H3,(H2,16,17,18,20). The van der Waals surface area contributed by atoms with Crippen LogP contribution < -0.4 is 5.32 Å². The summed E-state index contributed by atoms with van der Waals surface area (Å²) in [4.78, 5) is 19.4. The molecule has 20 heavy (non-hydrogen) atoms. The number of rotatable bonds is 2. The first-order chi connectivity index (χ1) is 9.63. The molecule has 0 spiro atoms. The number of aromatic hydroxyl groups is 1. The molecule has 0 fully saturated rings. The summed E-state index contributed by atoms with van der Waals surface area (Å²) in [6, 6.07) is 12.4. The fourth-order valence-corrected chi connectivity index (χ4v) is 2.02. The third-order valence-corrected chi connectivity index (χ3v) is 3.02. The SMILES string of the molecule is Cc1ccc(C(=O)Nc2nc3ccccc3[nH]2)c(O)c1. The van der Waals surface area contributed by atoms with Gasteiger partial charge in [0, 0.05) is 0 Å². The molecule has 5 heteroatoms. The number of para-hydroxylation sites is 2. The highest BCUT2D eigenvalue weighted by atomic mass is 16.3. The lowest BCUT2D eigenvalue weighted by atomic mass is 10.1. The molecule has 100 valence electrons. The van der Waals surface area contributed by atoms with Gasteiger partial charge in [0.1, 0.15) is 5.75 Å². The molecule has 0 atom stereocenters. The number of imidazole rings is 1. The summed E-state index contributed by atoms with van der Waals surface area (Å²) in [5, 5.41) is 12.4. The van der Waals surface area contributed by atoms with Crippen LogP contribution in [0, 0.1) is 6.92 Å². The summed E-state index contributed by atoms with van der Waals surface area (Å²) in [5.74, 6) is -0.0867. The molecule has 0 saturated carbocycles. The Morgan fingerprint density at radius 2 is 2.05 bits per heavy atom. The van der Waals surface area contributed by atoms with Gasteiger partial charge in [-0.25, -0.2) is 4.98 Å². The van der Waals surface area contributed by atoms with Crippen molar-refractivity contribution in [3.63, 3.8) is 0 Å². The van der Waals surface area contributed by atoms with E-state index in [4.69, 9.17) is 0 Å². The Morgan fingerprint density at radius 3 is 2.80 bits per heavy atom. The van der Waals surface area contributed by atoms with E-state index in [2.05, 4.69) is 15.3 Å². The van der Waals surface area contributed by atoms with Crippen LogP contribution in [-0.4, -0.2) is 21.0 Å². The van der Waals surface area contributed by atoms with Crippen LogP contribution in [0.3, 0.4) is 0 Å². The molecule has 0 saturated heterocycles. The normalized spacial score (nSPS) is 10.7. The average molecular weight is 267 g/mol. The number of carbonyl (C=O) groups is 1. The molecule has 0 unspecified atom stereocenters. The number of amides is 1. The Hall–Kier alpha value is -2.82. The second-order valence-electron chi connectivity index (χ2n) is 4.58. The summed E-state index contributed by atoms with van der Waals surface area (Å²) in [7, 11) is 0. The predicted octanol–water partition coefficient (Wildman–Crippen LogP) is 2.83. The maximum atomic E-state index is 12.1. The van der Waals surface area contributed by atoms with E-state index < -0.39 is 5.91 Å². The Bertz CT molecular complexity index is 760. The molecule has 5 nitrogen and oxygen atoms in total. The second-order valence-corrected chi connectivity index (χ2v) is 4.58. The van der Waals surface area contributed by atoms with Gasteiger partial charge in [0.05, 0.1) is 16.6 Å². The number of hydrogen-bond donors (Lipinski definition) is 3. The highest BCUT2D eigenvalue weighted by Crippen LogP contribution is 2.20. The molecule has 1 aromatic heterocycles. The third-order valence-electron chi connectivity index (χ3n) is 3.02. The highest BCUT2D eigenvalue weighted by Gasteiger charge is 2.13. The lowest BCUT2D eigenvalue weighted by Gasteiger charge is -2.05. The minimum Gasteiger partial charge on any atom is -0.507 e. The largest absolute Gasteiger partial charge is 0.507 e. The van der Waals surface area contributed by atoms with Crippen LogP contribution in [0.15, 0.2) is 42.5 Å². The second kappa shape index (κ2) is 4.70. The van der Waals surface area contributed by atoms with E-state index in [1.54, 1.807) is 18.2 Å². The molecule has 2 aromatic carbocycles. The van der Waals surface area contributed by atoms with Crippen molar-refractivity contribution < 1.29 is 9.90 Å². The quantitative estimate of drug-likeness (QED) is 0.668. The van der Waals surface area contributed by atoms with E-state index in [-0.39, 0.29) is 11.3 Å². The van der Waals surface area contributed by atoms with E-state index in [1.807, 2.05) is 31.2 Å². The van der Waals surface area contributed by atoms with Crippen molar-refractivity contribution in [2.45, 2.75) is 6.92 Å². The monoisotopic (exact) mass is 267 g/mol. The minimum absolute atomic E-state index is 0.0430. The molecule has 1 amide bonds. The van der Waals surface area contributed by atoms with Gasteiger partial charge in [-0.2, -0.15) is 0 Å². The van der Waals surface area contributed by atoms with E-state index >= 15 is 0 Å². The van der Waals surface area contributed by atoms with E-state index in [9.17, 15) is 9.90 Å². The molecule has 0 radical (unpaired) electrons. The number of phenols is 1. The number of phenolic OH excluding ortho intramolecular Hbond substituents is 1. The number of fused-ring (bicyclic) bond motifs is 1. The van der Waals surface area contributed by atoms with Gasteiger partial charge in [-0.1, -0.05) is 18.2 Å². The van der Waals surface area contributed by atoms with Crippen molar-refractivity contribution >= 4 is 22.9 Å². The smallest absolute Gasteiger partial charge is 0.261 e. The first kappa shape index (κ1) is 12.2. The molecule has 3 N–H and O–H groups in total. The third kappa shape index (κ3) is 2.21. The van der Waals surface area contributed by atoms with E-state index in [0.717, 1.165) is 16.6 Å². The number of H-pyrrole nitrogens is 1. The maximum Gasteiger partial charge on any atom is 0.261 e. The van der Waals surface area contributed by atoms with Gasteiger partial charge in [-0.15, -0.1) is 0 Å². The number of nitrogens with one attached hydrogen (secondary N) is 2. The topological polar surface area (TPSA) is 78.0 Å². The Morgan fingerprint density at radius 1 is 1.25 bits per heavy atom. The molecular weight excluding hydrogens is 254 g/mol. The van der Waals surface area contributed by atoms with Crippen molar-refractivity contribution in [3.05, 3.63) is 53.6 Å². The molecule has 0 aliphatic carbocycles. The number of aromatic nitrogens is 2. The number of carbonyl (C=O) groups excluding carboxylic acids is 1. The van der Waals surface area contributed by atoms with Gasteiger partial charge in [0.25, 0.3) is 5.91 Å². The molecule has 0 bridgehead atoms. The van der Waals surface area contributed by atoms with Crippen molar-refractivity contribution in [2.24, 2.45) is 0 Å². The molecule has 3 rings (SSSR count). The lowest BCUT2D eigenvalue weighted by Crippen LogP contribution is -2.13. The number of hydrogen-bond acceptors (Lipinski definition) is 3. The van der Waals surface area contributed by atoms with Crippen LogP contribution in [0.25, 0.3) is 11.0 Å². The molecule has 0 aliphatic heterocycles. The van der Waals surface area contributed by atoms with Crippen LogP contribution in [-0.2, 0) is 0 Å². The highest BCUT2D eigenvalue weighted by molar-refractivity contribution is 6.05. The first-order valence-corrected chi connectivity index (χ1v) is 6.19. The van der Waals surface area contributed by atoms with Gasteiger partial charge in [-0.05, 0) is 36.8 Å². The van der Waals surface area contributed by atoms with Crippen molar-refractivity contribution in [1.82, 2.24) is 9.97 Å². The molecule has 0 aliphatic rings. The summed E-state index contributed by atoms with van der Waals surface area (Å²) in [6.07, 6.45) is 0.